The minimum atomic E-state index is -0.728. The number of hydrogen-bond acceptors (Lipinski definition) is 6. The molecule has 2 unspecified atom stereocenters. The van der Waals surface area contributed by atoms with Crippen molar-refractivity contribution in [3.05, 3.63) is 69.5 Å². The van der Waals surface area contributed by atoms with E-state index in [1.54, 1.807) is 18.2 Å². The molecule has 2 N–H and O–H groups in total. The highest BCUT2D eigenvalue weighted by atomic mass is 32.1. The molecule has 0 aliphatic heterocycles. The highest BCUT2D eigenvalue weighted by Crippen LogP contribution is 2.44. The van der Waals surface area contributed by atoms with Gasteiger partial charge in [0.25, 0.3) is 5.91 Å². The Morgan fingerprint density at radius 1 is 1.27 bits per heavy atom. The molecule has 0 saturated heterocycles. The number of nitriles is 1. The lowest BCUT2D eigenvalue weighted by Gasteiger charge is -2.12. The Hall–Kier alpha value is -3.51. The van der Waals surface area contributed by atoms with Crippen molar-refractivity contribution in [1.82, 2.24) is 10.3 Å². The van der Waals surface area contributed by atoms with Crippen molar-refractivity contribution in [1.29, 1.82) is 5.26 Å². The smallest absolute Gasteiger partial charge is 0.274 e. The highest BCUT2D eigenvalue weighted by molar-refractivity contribution is 7.10. The van der Waals surface area contributed by atoms with Crippen LogP contribution in [-0.2, 0) is 0 Å². The van der Waals surface area contributed by atoms with Crippen molar-refractivity contribution < 1.29 is 18.3 Å². The second-order valence-corrected chi connectivity index (χ2v) is 7.71. The van der Waals surface area contributed by atoms with Gasteiger partial charge in [0.05, 0.1) is 12.7 Å². The first-order valence-electron chi connectivity index (χ1n) is 9.05. The van der Waals surface area contributed by atoms with Crippen LogP contribution in [0, 0.1) is 23.0 Å². The maximum absolute atomic E-state index is 13.4. The number of rotatable bonds is 6. The van der Waals surface area contributed by atoms with Crippen LogP contribution in [0.5, 0.6) is 5.75 Å². The van der Waals surface area contributed by atoms with Gasteiger partial charge < -0.3 is 15.4 Å². The Kier molecular flexibility index (Phi) is 5.33. The Morgan fingerprint density at radius 2 is 2.03 bits per heavy atom. The van der Waals surface area contributed by atoms with E-state index in [0.717, 1.165) is 29.5 Å². The summed E-state index contributed by atoms with van der Waals surface area (Å²) >= 11 is 1.50. The third-order valence-corrected chi connectivity index (χ3v) is 5.74. The molecule has 2 atom stereocenters. The van der Waals surface area contributed by atoms with Crippen molar-refractivity contribution in [2.24, 2.45) is 0 Å². The lowest BCUT2D eigenvalue weighted by atomic mass is 10.2. The summed E-state index contributed by atoms with van der Waals surface area (Å²) in [6, 6.07) is 9.95. The van der Waals surface area contributed by atoms with Gasteiger partial charge in [-0.25, -0.2) is 13.8 Å². The summed E-state index contributed by atoms with van der Waals surface area (Å²) in [5.41, 5.74) is 0.850. The summed E-state index contributed by atoms with van der Waals surface area (Å²) in [5.74, 6) is -1.27. The second-order valence-electron chi connectivity index (χ2n) is 6.76. The molecule has 1 aliphatic rings. The van der Waals surface area contributed by atoms with Crippen LogP contribution in [-0.4, -0.2) is 24.0 Å². The molecule has 1 amide bonds. The number of anilines is 2. The summed E-state index contributed by atoms with van der Waals surface area (Å²) in [4.78, 5) is 18.0. The van der Waals surface area contributed by atoms with Crippen molar-refractivity contribution in [2.75, 3.05) is 12.4 Å². The number of carbonyl (C=O) groups is 1. The first-order valence-corrected chi connectivity index (χ1v) is 9.93. The number of nitrogens with one attached hydrogen (secondary N) is 2. The molecule has 1 fully saturated rings. The van der Waals surface area contributed by atoms with Crippen molar-refractivity contribution in [3.8, 4) is 11.8 Å². The number of benzene rings is 1. The monoisotopic (exact) mass is 426 g/mol. The van der Waals surface area contributed by atoms with E-state index in [9.17, 15) is 18.8 Å². The number of halogens is 2. The molecule has 1 aliphatic carbocycles. The molecule has 152 valence electrons. The molecule has 1 saturated carbocycles. The lowest BCUT2D eigenvalue weighted by molar-refractivity contribution is 0.0942. The number of pyridine rings is 1. The topological polar surface area (TPSA) is 87.0 Å². The normalized spacial score (nSPS) is 17.1. The molecular formula is C21H16F2N4O2S. The van der Waals surface area contributed by atoms with Gasteiger partial charge in [0, 0.05) is 28.6 Å². The average Bonchev–Trinajstić information content (AvgIpc) is 3.30. The van der Waals surface area contributed by atoms with Crippen LogP contribution in [0.15, 0.2) is 41.8 Å². The number of hydrogen-bond donors (Lipinski definition) is 2. The summed E-state index contributed by atoms with van der Waals surface area (Å²) in [7, 11) is 1.42. The number of carbonyl (C=O) groups excluding carboxylic acids is 1. The minimum absolute atomic E-state index is 0.0525. The van der Waals surface area contributed by atoms with Crippen LogP contribution < -0.4 is 15.4 Å². The summed E-state index contributed by atoms with van der Waals surface area (Å²) in [6.45, 7) is 0. The first kappa shape index (κ1) is 19.8. The van der Waals surface area contributed by atoms with E-state index in [4.69, 9.17) is 4.74 Å². The van der Waals surface area contributed by atoms with Crippen LogP contribution in [0.4, 0.5) is 20.3 Å². The Labute approximate surface area is 175 Å². The van der Waals surface area contributed by atoms with E-state index < -0.39 is 17.5 Å². The van der Waals surface area contributed by atoms with Gasteiger partial charge in [-0.1, -0.05) is 0 Å². The van der Waals surface area contributed by atoms with Gasteiger partial charge in [0.2, 0.25) is 0 Å². The zero-order chi connectivity index (χ0) is 21.3. The average molecular weight is 426 g/mol. The number of amides is 1. The number of thiophene rings is 1. The zero-order valence-electron chi connectivity index (χ0n) is 15.8. The van der Waals surface area contributed by atoms with Gasteiger partial charge in [-0.15, -0.1) is 11.3 Å². The SMILES string of the molecule is COc1ccc(Nc2cc(F)cc(F)c2)nc1C(=O)NC1CC1c1sccc1C#N. The minimum Gasteiger partial charge on any atom is -0.494 e. The fourth-order valence-corrected chi connectivity index (χ4v) is 4.23. The molecule has 30 heavy (non-hydrogen) atoms. The van der Waals surface area contributed by atoms with E-state index in [-0.39, 0.29) is 34.9 Å². The van der Waals surface area contributed by atoms with Crippen LogP contribution >= 0.6 is 11.3 Å². The number of ether oxygens (including phenoxy) is 1. The molecule has 0 spiro atoms. The van der Waals surface area contributed by atoms with Gasteiger partial charge in [0.15, 0.2) is 5.69 Å². The largest absolute Gasteiger partial charge is 0.494 e. The lowest BCUT2D eigenvalue weighted by Crippen LogP contribution is -2.28. The summed E-state index contributed by atoms with van der Waals surface area (Å²) < 4.78 is 32.1. The number of aromatic nitrogens is 1. The van der Waals surface area contributed by atoms with Gasteiger partial charge in [-0.3, -0.25) is 4.79 Å². The maximum Gasteiger partial charge on any atom is 0.274 e. The van der Waals surface area contributed by atoms with Crippen LogP contribution in [0.3, 0.4) is 0 Å². The summed E-state index contributed by atoms with van der Waals surface area (Å²) in [5, 5.41) is 16.7. The molecule has 6 nitrogen and oxygen atoms in total. The molecule has 3 aromatic rings. The second kappa shape index (κ2) is 8.08. The van der Waals surface area contributed by atoms with Gasteiger partial charge in [-0.2, -0.15) is 5.26 Å². The van der Waals surface area contributed by atoms with Crippen LogP contribution in [0.1, 0.15) is 33.3 Å². The predicted molar refractivity (Wildman–Crippen MR) is 108 cm³/mol. The van der Waals surface area contributed by atoms with Crippen molar-refractivity contribution in [3.63, 3.8) is 0 Å². The highest BCUT2D eigenvalue weighted by Gasteiger charge is 2.42. The third kappa shape index (κ3) is 4.09. The summed E-state index contributed by atoms with van der Waals surface area (Å²) in [6.07, 6.45) is 0.740. The molecule has 2 aromatic heterocycles. The fraction of sp³-hybridized carbons (Fsp3) is 0.190. The fourth-order valence-electron chi connectivity index (χ4n) is 3.20. The van der Waals surface area contributed by atoms with Gasteiger partial charge >= 0.3 is 0 Å². The van der Waals surface area contributed by atoms with E-state index in [2.05, 4.69) is 21.7 Å². The molecule has 1 aromatic carbocycles. The standard InChI is InChI=1S/C21H16F2N4O2S/c1-29-17-2-3-18(25-14-7-12(22)6-13(23)8-14)27-19(17)21(28)26-16-9-15(16)20-11(10-24)4-5-30-20/h2-8,15-16H,9H2,1H3,(H,25,27)(H,26,28). The third-order valence-electron chi connectivity index (χ3n) is 4.69. The van der Waals surface area contributed by atoms with Crippen molar-refractivity contribution >= 4 is 28.7 Å². The van der Waals surface area contributed by atoms with Gasteiger partial charge in [-0.05, 0) is 42.1 Å². The maximum atomic E-state index is 13.4. The Morgan fingerprint density at radius 3 is 2.73 bits per heavy atom. The van der Waals surface area contributed by atoms with Crippen LogP contribution in [0.25, 0.3) is 0 Å². The molecular weight excluding hydrogens is 410 g/mol. The molecule has 0 bridgehead atoms. The Balaban J connectivity index is 1.51. The zero-order valence-corrected chi connectivity index (χ0v) is 16.6. The van der Waals surface area contributed by atoms with E-state index in [0.29, 0.717) is 5.56 Å². The van der Waals surface area contributed by atoms with Crippen molar-refractivity contribution in [2.45, 2.75) is 18.4 Å². The predicted octanol–water partition coefficient (Wildman–Crippen LogP) is 4.33. The molecule has 4 rings (SSSR count). The molecule has 2 heterocycles. The molecule has 0 radical (unpaired) electrons. The van der Waals surface area contributed by atoms with E-state index >= 15 is 0 Å². The van der Waals surface area contributed by atoms with Crippen LogP contribution in [0.2, 0.25) is 0 Å². The van der Waals surface area contributed by atoms with Gasteiger partial charge in [0.1, 0.15) is 29.3 Å². The van der Waals surface area contributed by atoms with E-state index in [1.807, 2.05) is 5.38 Å². The van der Waals surface area contributed by atoms with E-state index in [1.165, 1.54) is 18.4 Å². The quantitative estimate of drug-likeness (QED) is 0.613. The molecule has 9 heteroatoms. The number of nitrogens with zero attached hydrogens (tertiary/aromatic N) is 2. The number of methoxy groups -OCH3 is 1. The Bertz CT molecular complexity index is 1140. The first-order chi connectivity index (χ1) is 14.5.